The van der Waals surface area contributed by atoms with Crippen molar-refractivity contribution in [3.05, 3.63) is 102 Å². The number of nitrogens with zero attached hydrogens (tertiary/aromatic N) is 2. The highest BCUT2D eigenvalue weighted by Crippen LogP contribution is 2.29. The van der Waals surface area contributed by atoms with Gasteiger partial charge >= 0.3 is 0 Å². The maximum Gasteiger partial charge on any atom is 0.240 e. The smallest absolute Gasteiger partial charge is 0.240 e. The molecule has 0 radical (unpaired) electrons. The molecule has 1 aliphatic heterocycles. The number of benzene rings is 3. The second-order valence-electron chi connectivity index (χ2n) is 10.7. The van der Waals surface area contributed by atoms with Crippen LogP contribution in [-0.4, -0.2) is 56.3 Å². The number of rotatable bonds is 9. The lowest BCUT2D eigenvalue weighted by Gasteiger charge is -2.40. The van der Waals surface area contributed by atoms with Crippen molar-refractivity contribution in [1.82, 2.24) is 14.5 Å². The van der Waals surface area contributed by atoms with Gasteiger partial charge in [0.2, 0.25) is 15.9 Å². The fraction of sp³-hybridized carbons (Fsp3) is 0.406. The molecule has 0 aromatic heterocycles. The van der Waals surface area contributed by atoms with Crippen LogP contribution in [-0.2, 0) is 21.2 Å². The van der Waals surface area contributed by atoms with E-state index >= 15 is 0 Å². The van der Waals surface area contributed by atoms with Crippen molar-refractivity contribution in [3.63, 3.8) is 0 Å². The normalized spacial score (nSPS) is 17.4. The Hall–Kier alpha value is -3.00. The molecule has 2 fully saturated rings. The molecule has 206 valence electrons. The van der Waals surface area contributed by atoms with Crippen molar-refractivity contribution in [3.8, 4) is 0 Å². The molecule has 2 aliphatic rings. The molecule has 0 bridgehead atoms. The van der Waals surface area contributed by atoms with Crippen LogP contribution in [0.15, 0.2) is 89.8 Å². The third-order valence-electron chi connectivity index (χ3n) is 8.05. The standard InChI is InChI=1S/C32H39N3O3S/c36-31(21-18-26-16-19-30(20-17-26)39(37,38)33-29-14-8-3-9-15-29)34-22-24-35(25-23-34)32(27-10-4-1-5-11-27)28-12-6-2-7-13-28/h1-2,4-7,10-13,16-17,19-20,29,32-33H,3,8-9,14-15,18,21-25H2. The van der Waals surface area contributed by atoms with Gasteiger partial charge in [0.05, 0.1) is 10.9 Å². The predicted molar refractivity (Wildman–Crippen MR) is 155 cm³/mol. The summed E-state index contributed by atoms with van der Waals surface area (Å²) in [6.07, 6.45) is 6.19. The molecule has 5 rings (SSSR count). The Morgan fingerprint density at radius 2 is 1.33 bits per heavy atom. The van der Waals surface area contributed by atoms with E-state index in [9.17, 15) is 13.2 Å². The zero-order chi connectivity index (χ0) is 27.1. The first-order valence-electron chi connectivity index (χ1n) is 14.2. The largest absolute Gasteiger partial charge is 0.340 e. The first kappa shape index (κ1) is 27.6. The van der Waals surface area contributed by atoms with Crippen molar-refractivity contribution < 1.29 is 13.2 Å². The van der Waals surface area contributed by atoms with Crippen LogP contribution in [0.4, 0.5) is 0 Å². The van der Waals surface area contributed by atoms with Crippen LogP contribution in [0.5, 0.6) is 0 Å². The molecule has 0 spiro atoms. The van der Waals surface area contributed by atoms with Gasteiger partial charge in [0.15, 0.2) is 0 Å². The lowest BCUT2D eigenvalue weighted by Crippen LogP contribution is -2.49. The number of sulfonamides is 1. The second kappa shape index (κ2) is 12.9. The lowest BCUT2D eigenvalue weighted by molar-refractivity contribution is -0.133. The van der Waals surface area contributed by atoms with E-state index in [0.29, 0.717) is 30.8 Å². The van der Waals surface area contributed by atoms with Gasteiger partial charge in [0, 0.05) is 38.6 Å². The number of hydrogen-bond donors (Lipinski definition) is 1. The number of carbonyl (C=O) groups is 1. The molecule has 0 atom stereocenters. The number of nitrogens with one attached hydrogen (secondary N) is 1. The molecule has 3 aromatic rings. The number of hydrogen-bond acceptors (Lipinski definition) is 4. The van der Waals surface area contributed by atoms with Gasteiger partial charge in [0.25, 0.3) is 0 Å². The molecule has 1 amide bonds. The van der Waals surface area contributed by atoms with Gasteiger partial charge in [-0.25, -0.2) is 13.1 Å². The fourth-order valence-electron chi connectivity index (χ4n) is 5.87. The van der Waals surface area contributed by atoms with Crippen molar-refractivity contribution >= 4 is 15.9 Å². The van der Waals surface area contributed by atoms with Crippen LogP contribution in [0.2, 0.25) is 0 Å². The van der Waals surface area contributed by atoms with Crippen molar-refractivity contribution in [1.29, 1.82) is 0 Å². The summed E-state index contributed by atoms with van der Waals surface area (Å²) in [5, 5.41) is 0. The van der Waals surface area contributed by atoms with Crippen LogP contribution in [0, 0.1) is 0 Å². The van der Waals surface area contributed by atoms with E-state index in [1.807, 2.05) is 29.2 Å². The monoisotopic (exact) mass is 545 g/mol. The van der Waals surface area contributed by atoms with Gasteiger partial charge in [-0.2, -0.15) is 0 Å². The lowest BCUT2D eigenvalue weighted by atomic mass is 9.96. The summed E-state index contributed by atoms with van der Waals surface area (Å²) in [5.74, 6) is 0.154. The summed E-state index contributed by atoms with van der Waals surface area (Å²) < 4.78 is 28.4. The number of carbonyl (C=O) groups excluding carboxylic acids is 1. The molecule has 39 heavy (non-hydrogen) atoms. The molecule has 1 saturated heterocycles. The zero-order valence-electron chi connectivity index (χ0n) is 22.5. The topological polar surface area (TPSA) is 69.7 Å². The van der Waals surface area contributed by atoms with Crippen LogP contribution < -0.4 is 4.72 Å². The molecule has 1 saturated carbocycles. The van der Waals surface area contributed by atoms with Crippen molar-refractivity contribution in [2.75, 3.05) is 26.2 Å². The second-order valence-corrected chi connectivity index (χ2v) is 12.5. The Morgan fingerprint density at radius 1 is 0.769 bits per heavy atom. The number of aryl methyl sites for hydroxylation is 1. The Bertz CT molecular complexity index is 1260. The molecular weight excluding hydrogens is 506 g/mol. The molecule has 1 aliphatic carbocycles. The summed E-state index contributed by atoms with van der Waals surface area (Å²) in [6, 6.07) is 28.4. The first-order chi connectivity index (χ1) is 19.0. The van der Waals surface area contributed by atoms with E-state index in [1.54, 1.807) is 12.1 Å². The fourth-order valence-corrected chi connectivity index (χ4v) is 7.17. The minimum atomic E-state index is -3.51. The summed E-state index contributed by atoms with van der Waals surface area (Å²) in [7, 11) is -3.51. The van der Waals surface area contributed by atoms with E-state index in [-0.39, 0.29) is 18.0 Å². The Kier molecular flexibility index (Phi) is 9.12. The highest BCUT2D eigenvalue weighted by molar-refractivity contribution is 7.89. The SMILES string of the molecule is O=C(CCc1ccc(S(=O)(=O)NC2CCCCC2)cc1)N1CCN(C(c2ccccc2)c2ccccc2)CC1. The minimum Gasteiger partial charge on any atom is -0.340 e. The van der Waals surface area contributed by atoms with E-state index < -0.39 is 10.0 Å². The van der Waals surface area contributed by atoms with Crippen LogP contribution in [0.3, 0.4) is 0 Å². The summed E-state index contributed by atoms with van der Waals surface area (Å²) >= 11 is 0. The van der Waals surface area contributed by atoms with Gasteiger partial charge in [-0.15, -0.1) is 0 Å². The average molecular weight is 546 g/mol. The third kappa shape index (κ3) is 7.15. The molecule has 0 unspecified atom stereocenters. The number of piperazine rings is 1. The Morgan fingerprint density at radius 3 is 1.90 bits per heavy atom. The molecule has 1 heterocycles. The van der Waals surface area contributed by atoms with Crippen molar-refractivity contribution in [2.45, 2.75) is 61.9 Å². The van der Waals surface area contributed by atoms with E-state index in [4.69, 9.17) is 0 Å². The van der Waals surface area contributed by atoms with Gasteiger partial charge < -0.3 is 4.90 Å². The minimum absolute atomic E-state index is 0.0391. The quantitative estimate of drug-likeness (QED) is 0.403. The van der Waals surface area contributed by atoms with Crippen LogP contribution in [0.25, 0.3) is 0 Å². The maximum atomic E-state index is 13.0. The highest BCUT2D eigenvalue weighted by atomic mass is 32.2. The maximum absolute atomic E-state index is 13.0. The third-order valence-corrected chi connectivity index (χ3v) is 9.59. The van der Waals surface area contributed by atoms with Crippen molar-refractivity contribution in [2.24, 2.45) is 0 Å². The summed E-state index contributed by atoms with van der Waals surface area (Å²) in [6.45, 7) is 3.06. The Labute approximate surface area is 233 Å². The summed E-state index contributed by atoms with van der Waals surface area (Å²) in [4.78, 5) is 17.8. The van der Waals surface area contributed by atoms with Crippen LogP contribution >= 0.6 is 0 Å². The predicted octanol–water partition coefficient (Wildman–Crippen LogP) is 5.16. The zero-order valence-corrected chi connectivity index (χ0v) is 23.4. The first-order valence-corrected chi connectivity index (χ1v) is 15.7. The molecule has 3 aromatic carbocycles. The Balaban J connectivity index is 1.13. The van der Waals surface area contributed by atoms with Gasteiger partial charge in [-0.1, -0.05) is 92.1 Å². The molecule has 1 N–H and O–H groups in total. The van der Waals surface area contributed by atoms with E-state index in [1.165, 1.54) is 17.5 Å². The van der Waals surface area contributed by atoms with E-state index in [2.05, 4.69) is 58.2 Å². The average Bonchev–Trinajstić information content (AvgIpc) is 2.98. The molecule has 6 nitrogen and oxygen atoms in total. The highest BCUT2D eigenvalue weighted by Gasteiger charge is 2.28. The summed E-state index contributed by atoms with van der Waals surface area (Å²) in [5.41, 5.74) is 3.51. The van der Waals surface area contributed by atoms with Gasteiger partial charge in [-0.3, -0.25) is 9.69 Å². The van der Waals surface area contributed by atoms with E-state index in [0.717, 1.165) is 44.3 Å². The molecular formula is C32H39N3O3S. The van der Waals surface area contributed by atoms with Gasteiger partial charge in [0.1, 0.15) is 0 Å². The number of amides is 1. The van der Waals surface area contributed by atoms with Gasteiger partial charge in [-0.05, 0) is 48.1 Å². The van der Waals surface area contributed by atoms with Crippen LogP contribution in [0.1, 0.15) is 61.3 Å². The molecule has 7 heteroatoms.